The van der Waals surface area contributed by atoms with Gasteiger partial charge >= 0.3 is 0 Å². The summed E-state index contributed by atoms with van der Waals surface area (Å²) in [6.45, 7) is 3.23. The number of carbonyl (C=O) groups is 1. The zero-order valence-corrected chi connectivity index (χ0v) is 14.0. The monoisotopic (exact) mass is 325 g/mol. The van der Waals surface area contributed by atoms with Gasteiger partial charge in [0.05, 0.1) is 19.0 Å². The predicted octanol–water partition coefficient (Wildman–Crippen LogP) is 2.37. The second-order valence-corrected chi connectivity index (χ2v) is 5.89. The van der Waals surface area contributed by atoms with E-state index in [-0.39, 0.29) is 5.91 Å². The van der Waals surface area contributed by atoms with Gasteiger partial charge in [-0.25, -0.2) is 0 Å². The molecule has 24 heavy (non-hydrogen) atoms. The lowest BCUT2D eigenvalue weighted by Crippen LogP contribution is -2.48. The van der Waals surface area contributed by atoms with E-state index in [1.54, 1.807) is 13.3 Å². The quantitative estimate of drug-likeness (QED) is 0.847. The highest BCUT2D eigenvalue weighted by atomic mass is 16.5. The molecule has 0 unspecified atom stereocenters. The molecular weight excluding hydrogens is 302 g/mol. The van der Waals surface area contributed by atoms with Gasteiger partial charge in [0, 0.05) is 38.8 Å². The first-order chi connectivity index (χ1) is 11.8. The number of aryl methyl sites for hydroxylation is 1. The van der Waals surface area contributed by atoms with E-state index in [0.717, 1.165) is 43.2 Å². The fourth-order valence-electron chi connectivity index (χ4n) is 3.06. The average molecular weight is 325 g/mol. The number of para-hydroxylation sites is 1. The number of benzene rings is 1. The summed E-state index contributed by atoms with van der Waals surface area (Å²) in [5.41, 5.74) is 2.21. The van der Waals surface area contributed by atoms with Crippen LogP contribution in [0.2, 0.25) is 0 Å². The van der Waals surface area contributed by atoms with Crippen LogP contribution in [0.1, 0.15) is 12.0 Å². The molecule has 126 valence electrons. The zero-order chi connectivity index (χ0) is 16.8. The number of hydrogen-bond acceptors (Lipinski definition) is 4. The molecule has 1 aromatic carbocycles. The van der Waals surface area contributed by atoms with E-state index in [4.69, 9.17) is 4.74 Å². The fourth-order valence-corrected chi connectivity index (χ4v) is 3.06. The van der Waals surface area contributed by atoms with Crippen LogP contribution in [0, 0.1) is 0 Å². The SMILES string of the molecule is COc1ccccc1CCC(=O)N1CCN(c2cccnc2)CC1. The van der Waals surface area contributed by atoms with Gasteiger partial charge in [0.25, 0.3) is 0 Å². The minimum Gasteiger partial charge on any atom is -0.496 e. The number of ether oxygens (including phenoxy) is 1. The molecule has 1 aliphatic heterocycles. The second-order valence-electron chi connectivity index (χ2n) is 5.89. The van der Waals surface area contributed by atoms with Gasteiger partial charge < -0.3 is 14.5 Å². The number of hydrogen-bond donors (Lipinski definition) is 0. The third-order valence-corrected chi connectivity index (χ3v) is 4.44. The number of nitrogens with zero attached hydrogens (tertiary/aromatic N) is 3. The third kappa shape index (κ3) is 3.85. The number of aromatic nitrogens is 1. The maximum absolute atomic E-state index is 12.5. The van der Waals surface area contributed by atoms with Gasteiger partial charge in [-0.2, -0.15) is 0 Å². The molecule has 0 spiro atoms. The standard InChI is InChI=1S/C19H23N3O2/c1-24-18-7-3-2-5-16(18)8-9-19(23)22-13-11-21(12-14-22)17-6-4-10-20-15-17/h2-7,10,15H,8-9,11-14H2,1H3. The molecule has 0 atom stereocenters. The molecule has 5 heteroatoms. The fraction of sp³-hybridized carbons (Fsp3) is 0.368. The summed E-state index contributed by atoms with van der Waals surface area (Å²) in [7, 11) is 1.66. The molecule has 1 fully saturated rings. The molecule has 0 saturated carbocycles. The summed E-state index contributed by atoms with van der Waals surface area (Å²) < 4.78 is 5.35. The molecule has 1 saturated heterocycles. The average Bonchev–Trinajstić information content (AvgIpc) is 2.67. The van der Waals surface area contributed by atoms with E-state index in [0.29, 0.717) is 12.8 Å². The summed E-state index contributed by atoms with van der Waals surface area (Å²) in [6.07, 6.45) is 4.89. The molecule has 0 aliphatic carbocycles. The lowest BCUT2D eigenvalue weighted by molar-refractivity contribution is -0.131. The Hall–Kier alpha value is -2.56. The highest BCUT2D eigenvalue weighted by Crippen LogP contribution is 2.20. The van der Waals surface area contributed by atoms with Crippen LogP contribution >= 0.6 is 0 Å². The van der Waals surface area contributed by atoms with Crippen LogP contribution in [0.25, 0.3) is 0 Å². The van der Waals surface area contributed by atoms with Crippen molar-refractivity contribution < 1.29 is 9.53 Å². The largest absolute Gasteiger partial charge is 0.496 e. The van der Waals surface area contributed by atoms with Crippen LogP contribution in [-0.2, 0) is 11.2 Å². The van der Waals surface area contributed by atoms with Crippen molar-refractivity contribution in [3.8, 4) is 5.75 Å². The highest BCUT2D eigenvalue weighted by molar-refractivity contribution is 5.77. The van der Waals surface area contributed by atoms with Crippen LogP contribution in [0.4, 0.5) is 5.69 Å². The summed E-state index contributed by atoms with van der Waals surface area (Å²) in [4.78, 5) is 20.9. The topological polar surface area (TPSA) is 45.7 Å². The van der Waals surface area contributed by atoms with E-state index >= 15 is 0 Å². The number of carbonyl (C=O) groups excluding carboxylic acids is 1. The zero-order valence-electron chi connectivity index (χ0n) is 14.0. The summed E-state index contributed by atoms with van der Waals surface area (Å²) in [5, 5.41) is 0. The molecule has 0 bridgehead atoms. The highest BCUT2D eigenvalue weighted by Gasteiger charge is 2.21. The molecule has 5 nitrogen and oxygen atoms in total. The molecular formula is C19H23N3O2. The maximum atomic E-state index is 12.5. The van der Waals surface area contributed by atoms with Crippen LogP contribution in [0.5, 0.6) is 5.75 Å². The summed E-state index contributed by atoms with van der Waals surface area (Å²) in [6, 6.07) is 11.9. The number of piperazine rings is 1. The number of methoxy groups -OCH3 is 1. The van der Waals surface area contributed by atoms with Crippen molar-refractivity contribution in [2.24, 2.45) is 0 Å². The number of amides is 1. The number of rotatable bonds is 5. The Labute approximate surface area is 142 Å². The lowest BCUT2D eigenvalue weighted by atomic mass is 10.1. The Balaban J connectivity index is 1.50. The van der Waals surface area contributed by atoms with Gasteiger partial charge in [-0.1, -0.05) is 18.2 Å². The maximum Gasteiger partial charge on any atom is 0.223 e. The molecule has 3 rings (SSSR count). The van der Waals surface area contributed by atoms with Gasteiger partial charge in [0.15, 0.2) is 0 Å². The summed E-state index contributed by atoms with van der Waals surface area (Å²) in [5.74, 6) is 1.07. The van der Waals surface area contributed by atoms with E-state index in [9.17, 15) is 4.79 Å². The second kappa shape index (κ2) is 7.81. The van der Waals surface area contributed by atoms with Crippen molar-refractivity contribution in [3.63, 3.8) is 0 Å². The molecule has 1 aliphatic rings. The molecule has 2 heterocycles. The van der Waals surface area contributed by atoms with Crippen LogP contribution < -0.4 is 9.64 Å². The molecule has 0 radical (unpaired) electrons. The van der Waals surface area contributed by atoms with Gasteiger partial charge in [-0.15, -0.1) is 0 Å². The van der Waals surface area contributed by atoms with Gasteiger partial charge in [0.1, 0.15) is 5.75 Å². The Kier molecular flexibility index (Phi) is 5.31. The van der Waals surface area contributed by atoms with Gasteiger partial charge in [0.2, 0.25) is 5.91 Å². The van der Waals surface area contributed by atoms with Crippen LogP contribution in [0.3, 0.4) is 0 Å². The Bertz CT molecular complexity index is 667. The van der Waals surface area contributed by atoms with Crippen molar-refractivity contribution in [3.05, 3.63) is 54.4 Å². The molecule has 1 amide bonds. The number of pyridine rings is 1. The van der Waals surface area contributed by atoms with Crippen LogP contribution in [-0.4, -0.2) is 49.1 Å². The van der Waals surface area contributed by atoms with Crippen molar-refractivity contribution >= 4 is 11.6 Å². The Morgan fingerprint density at radius 1 is 1.12 bits per heavy atom. The first-order valence-electron chi connectivity index (χ1n) is 8.32. The lowest BCUT2D eigenvalue weighted by Gasteiger charge is -2.36. The van der Waals surface area contributed by atoms with E-state index in [1.165, 1.54) is 0 Å². The Morgan fingerprint density at radius 3 is 2.62 bits per heavy atom. The minimum atomic E-state index is 0.215. The normalized spacial score (nSPS) is 14.5. The van der Waals surface area contributed by atoms with Gasteiger partial charge in [-0.05, 0) is 30.2 Å². The predicted molar refractivity (Wildman–Crippen MR) is 94.3 cm³/mol. The van der Waals surface area contributed by atoms with E-state index in [1.807, 2.05) is 41.4 Å². The smallest absolute Gasteiger partial charge is 0.223 e. The van der Waals surface area contributed by atoms with Crippen molar-refractivity contribution in [1.82, 2.24) is 9.88 Å². The van der Waals surface area contributed by atoms with Crippen molar-refractivity contribution in [1.29, 1.82) is 0 Å². The number of anilines is 1. The molecule has 0 N–H and O–H groups in total. The summed E-state index contributed by atoms with van der Waals surface area (Å²) >= 11 is 0. The Morgan fingerprint density at radius 2 is 1.92 bits per heavy atom. The van der Waals surface area contributed by atoms with Crippen molar-refractivity contribution in [2.45, 2.75) is 12.8 Å². The third-order valence-electron chi connectivity index (χ3n) is 4.44. The molecule has 2 aromatic rings. The first kappa shape index (κ1) is 16.3. The first-order valence-corrected chi connectivity index (χ1v) is 8.32. The van der Waals surface area contributed by atoms with E-state index in [2.05, 4.69) is 16.0 Å². The minimum absolute atomic E-state index is 0.215. The van der Waals surface area contributed by atoms with Gasteiger partial charge in [-0.3, -0.25) is 9.78 Å². The van der Waals surface area contributed by atoms with Crippen LogP contribution in [0.15, 0.2) is 48.8 Å². The molecule has 1 aromatic heterocycles. The van der Waals surface area contributed by atoms with E-state index < -0.39 is 0 Å². The van der Waals surface area contributed by atoms with Crippen molar-refractivity contribution in [2.75, 3.05) is 38.2 Å².